The second-order valence-electron chi connectivity index (χ2n) is 8.42. The molecule has 1 fully saturated rings. The molecule has 3 aromatic rings. The van der Waals surface area contributed by atoms with Gasteiger partial charge in [0.2, 0.25) is 27.0 Å². The molecule has 1 aromatic heterocycles. The van der Waals surface area contributed by atoms with Gasteiger partial charge in [0.15, 0.2) is 4.34 Å². The van der Waals surface area contributed by atoms with E-state index in [4.69, 9.17) is 0 Å². The number of carbonyl (C=O) groups is 3. The van der Waals surface area contributed by atoms with E-state index in [0.29, 0.717) is 28.8 Å². The smallest absolute Gasteiger partial charge is 0.257 e. The summed E-state index contributed by atoms with van der Waals surface area (Å²) in [4.78, 5) is 36.3. The summed E-state index contributed by atoms with van der Waals surface area (Å²) in [5.41, 5.74) is 1.40. The fourth-order valence-electron chi connectivity index (χ4n) is 3.72. The molecule has 0 spiro atoms. The highest BCUT2D eigenvalue weighted by atomic mass is 32.2. The van der Waals surface area contributed by atoms with E-state index in [0.717, 1.165) is 30.6 Å². The van der Waals surface area contributed by atoms with Crippen LogP contribution in [-0.2, 0) is 19.6 Å². The predicted molar refractivity (Wildman–Crippen MR) is 147 cm³/mol. The average molecular weight is 575 g/mol. The molecule has 3 amide bonds. The first kappa shape index (κ1) is 27.7. The molecule has 0 radical (unpaired) electrons. The second-order valence-corrected chi connectivity index (χ2v) is 12.6. The third kappa shape index (κ3) is 7.37. The Morgan fingerprint density at radius 3 is 2.32 bits per heavy atom. The number of sulfonamides is 1. The van der Waals surface area contributed by atoms with Gasteiger partial charge in [-0.05, 0) is 55.3 Å². The van der Waals surface area contributed by atoms with Crippen LogP contribution in [0, 0.1) is 0 Å². The van der Waals surface area contributed by atoms with Gasteiger partial charge < -0.3 is 10.6 Å². The zero-order valence-corrected chi connectivity index (χ0v) is 22.9. The molecule has 0 aliphatic carbocycles. The number of anilines is 3. The van der Waals surface area contributed by atoms with E-state index >= 15 is 0 Å². The Kier molecular flexibility index (Phi) is 9.09. The summed E-state index contributed by atoms with van der Waals surface area (Å²) in [6.07, 6.45) is 2.72. The number of hydrogen-bond donors (Lipinski definition) is 3. The zero-order chi connectivity index (χ0) is 27.1. The second kappa shape index (κ2) is 12.5. The number of thioether (sulfide) groups is 1. The maximum absolute atomic E-state index is 12.8. The lowest BCUT2D eigenvalue weighted by Gasteiger charge is -2.25. The molecule has 1 aliphatic heterocycles. The third-order valence-corrected chi connectivity index (χ3v) is 9.37. The van der Waals surface area contributed by atoms with Crippen LogP contribution in [0.5, 0.6) is 0 Å². The summed E-state index contributed by atoms with van der Waals surface area (Å²) < 4.78 is 27.6. The molecule has 0 unspecified atom stereocenters. The largest absolute Gasteiger partial charge is 0.326 e. The number of nitrogens with zero attached hydrogens (tertiary/aromatic N) is 3. The number of nitrogens with one attached hydrogen (secondary N) is 3. The van der Waals surface area contributed by atoms with Crippen LogP contribution < -0.4 is 16.0 Å². The van der Waals surface area contributed by atoms with Gasteiger partial charge in [-0.25, -0.2) is 8.42 Å². The van der Waals surface area contributed by atoms with E-state index < -0.39 is 15.9 Å². The lowest BCUT2D eigenvalue weighted by molar-refractivity contribution is -0.114. The lowest BCUT2D eigenvalue weighted by atomic mass is 10.2. The van der Waals surface area contributed by atoms with Crippen molar-refractivity contribution in [3.63, 3.8) is 0 Å². The van der Waals surface area contributed by atoms with Gasteiger partial charge in [-0.2, -0.15) is 4.31 Å². The van der Waals surface area contributed by atoms with Gasteiger partial charge in [-0.3, -0.25) is 19.7 Å². The van der Waals surface area contributed by atoms with Crippen LogP contribution in [-0.4, -0.2) is 59.5 Å². The van der Waals surface area contributed by atoms with Gasteiger partial charge in [0.25, 0.3) is 5.91 Å². The molecule has 2 heterocycles. The van der Waals surface area contributed by atoms with Crippen LogP contribution in [0.15, 0.2) is 57.8 Å². The highest BCUT2D eigenvalue weighted by Crippen LogP contribution is 2.27. The van der Waals surface area contributed by atoms with Crippen molar-refractivity contribution in [1.29, 1.82) is 0 Å². The van der Waals surface area contributed by atoms with Crippen molar-refractivity contribution in [2.75, 3.05) is 34.8 Å². The fraction of sp³-hybridized carbons (Fsp3) is 0.292. The molecule has 11 nitrogen and oxygen atoms in total. The number of rotatable bonds is 9. The first-order valence-corrected chi connectivity index (χ1v) is 15.0. The van der Waals surface area contributed by atoms with Gasteiger partial charge >= 0.3 is 0 Å². The summed E-state index contributed by atoms with van der Waals surface area (Å²) >= 11 is 2.28. The minimum absolute atomic E-state index is 0.0693. The highest BCUT2D eigenvalue weighted by molar-refractivity contribution is 8.01. The van der Waals surface area contributed by atoms with Crippen molar-refractivity contribution in [3.8, 4) is 0 Å². The number of amides is 3. The molecular formula is C24H26N6O5S3. The Morgan fingerprint density at radius 2 is 1.63 bits per heavy atom. The summed E-state index contributed by atoms with van der Waals surface area (Å²) in [6, 6.07) is 12.6. The molecule has 4 rings (SSSR count). The van der Waals surface area contributed by atoms with Crippen molar-refractivity contribution in [1.82, 2.24) is 14.5 Å². The molecule has 2 aromatic carbocycles. The number of benzene rings is 2. The van der Waals surface area contributed by atoms with Crippen LogP contribution in [0.2, 0.25) is 0 Å². The molecule has 38 heavy (non-hydrogen) atoms. The zero-order valence-electron chi connectivity index (χ0n) is 20.5. The number of piperidine rings is 1. The van der Waals surface area contributed by atoms with Crippen LogP contribution in [0.4, 0.5) is 16.5 Å². The van der Waals surface area contributed by atoms with Gasteiger partial charge in [0.05, 0.1) is 10.6 Å². The fourth-order valence-corrected chi connectivity index (χ4v) is 6.79. The Hall–Kier alpha value is -3.33. The number of hydrogen-bond acceptors (Lipinski definition) is 9. The lowest BCUT2D eigenvalue weighted by Crippen LogP contribution is -2.35. The molecule has 1 saturated heterocycles. The quantitative estimate of drug-likeness (QED) is 0.259. The molecule has 0 atom stereocenters. The normalized spacial score (nSPS) is 14.0. The standard InChI is InChI=1S/C24H26N6O5S3/c1-16(31)25-18-6-5-7-19(14-18)26-21(32)15-36-24-29-28-23(37-24)27-22(33)17-8-10-20(11-9-17)38(34,35)30-12-3-2-4-13-30/h5-11,14H,2-4,12-13,15H2,1H3,(H,25,31)(H,26,32)(H,27,28,33). The van der Waals surface area contributed by atoms with Crippen LogP contribution in [0.25, 0.3) is 0 Å². The summed E-state index contributed by atoms with van der Waals surface area (Å²) in [7, 11) is -3.57. The Morgan fingerprint density at radius 1 is 0.947 bits per heavy atom. The van der Waals surface area contributed by atoms with E-state index in [-0.39, 0.29) is 33.2 Å². The van der Waals surface area contributed by atoms with Crippen molar-refractivity contribution < 1.29 is 22.8 Å². The van der Waals surface area contributed by atoms with E-state index in [2.05, 4.69) is 26.1 Å². The van der Waals surface area contributed by atoms with Gasteiger partial charge in [0.1, 0.15) is 0 Å². The topological polar surface area (TPSA) is 150 Å². The first-order valence-electron chi connectivity index (χ1n) is 11.8. The summed E-state index contributed by atoms with van der Waals surface area (Å²) in [5.74, 6) is -0.854. The number of aromatic nitrogens is 2. The Labute approximate surface area is 228 Å². The maximum atomic E-state index is 12.8. The van der Waals surface area contributed by atoms with E-state index in [1.165, 1.54) is 47.3 Å². The van der Waals surface area contributed by atoms with Crippen molar-refractivity contribution >= 4 is 67.3 Å². The molecule has 1 aliphatic rings. The van der Waals surface area contributed by atoms with Crippen LogP contribution in [0.3, 0.4) is 0 Å². The van der Waals surface area contributed by atoms with Crippen molar-refractivity contribution in [3.05, 3.63) is 54.1 Å². The van der Waals surface area contributed by atoms with E-state index in [1.54, 1.807) is 24.3 Å². The highest BCUT2D eigenvalue weighted by Gasteiger charge is 2.26. The molecule has 200 valence electrons. The number of carbonyl (C=O) groups excluding carboxylic acids is 3. The molecule has 14 heteroatoms. The average Bonchev–Trinajstić information content (AvgIpc) is 3.35. The summed E-state index contributed by atoms with van der Waals surface area (Å²) in [6.45, 7) is 2.42. The molecule has 3 N–H and O–H groups in total. The summed E-state index contributed by atoms with van der Waals surface area (Å²) in [5, 5.41) is 16.2. The first-order chi connectivity index (χ1) is 18.2. The van der Waals surface area contributed by atoms with E-state index in [1.807, 2.05) is 0 Å². The minimum Gasteiger partial charge on any atom is -0.326 e. The minimum atomic E-state index is -3.57. The van der Waals surface area contributed by atoms with Gasteiger partial charge in [-0.15, -0.1) is 10.2 Å². The van der Waals surface area contributed by atoms with Crippen LogP contribution >= 0.6 is 23.1 Å². The van der Waals surface area contributed by atoms with Crippen molar-refractivity contribution in [2.45, 2.75) is 35.4 Å². The van der Waals surface area contributed by atoms with Crippen molar-refractivity contribution in [2.24, 2.45) is 0 Å². The third-order valence-electron chi connectivity index (χ3n) is 5.49. The maximum Gasteiger partial charge on any atom is 0.257 e. The van der Waals surface area contributed by atoms with Gasteiger partial charge in [0, 0.05) is 37.0 Å². The molecular weight excluding hydrogens is 549 g/mol. The Balaban J connectivity index is 1.28. The van der Waals surface area contributed by atoms with Gasteiger partial charge in [-0.1, -0.05) is 35.6 Å². The van der Waals surface area contributed by atoms with Crippen LogP contribution in [0.1, 0.15) is 36.5 Å². The molecule has 0 saturated carbocycles. The molecule has 0 bridgehead atoms. The monoisotopic (exact) mass is 574 g/mol. The Bertz CT molecular complexity index is 1420. The van der Waals surface area contributed by atoms with E-state index in [9.17, 15) is 22.8 Å². The SMILES string of the molecule is CC(=O)Nc1cccc(NC(=O)CSc2nnc(NC(=O)c3ccc(S(=O)(=O)N4CCCCC4)cc3)s2)c1. The predicted octanol–water partition coefficient (Wildman–Crippen LogP) is 3.65.